The van der Waals surface area contributed by atoms with Gasteiger partial charge in [-0.05, 0) is 18.3 Å². The van der Waals surface area contributed by atoms with Gasteiger partial charge in [0.15, 0.2) is 0 Å². The summed E-state index contributed by atoms with van der Waals surface area (Å²) in [4.78, 5) is 10.3. The molecule has 0 bridgehead atoms. The Bertz CT molecular complexity index is 148. The van der Waals surface area contributed by atoms with Crippen LogP contribution < -0.4 is 0 Å². The maximum atomic E-state index is 10.3. The minimum atomic E-state index is -0.653. The lowest BCUT2D eigenvalue weighted by molar-refractivity contribution is -0.137. The summed E-state index contributed by atoms with van der Waals surface area (Å²) in [6, 6.07) is 0. The van der Waals surface area contributed by atoms with Gasteiger partial charge in [0.1, 0.15) is 0 Å². The molecular formula is C10H18O2. The first-order chi connectivity index (χ1) is 5.70. The van der Waals surface area contributed by atoms with Gasteiger partial charge < -0.3 is 5.11 Å². The molecule has 1 aliphatic carbocycles. The highest BCUT2D eigenvalue weighted by Crippen LogP contribution is 2.33. The predicted octanol–water partition coefficient (Wildman–Crippen LogP) is 2.68. The molecule has 70 valence electrons. The number of aliphatic carboxylic acids is 1. The van der Waals surface area contributed by atoms with Crippen molar-refractivity contribution in [2.75, 3.05) is 0 Å². The Labute approximate surface area is 74.0 Å². The third-order valence-electron chi connectivity index (χ3n) is 3.02. The summed E-state index contributed by atoms with van der Waals surface area (Å²) >= 11 is 0. The smallest absolute Gasteiger partial charge is 0.303 e. The number of hydrogen-bond donors (Lipinski definition) is 1. The van der Waals surface area contributed by atoms with Gasteiger partial charge in [0.2, 0.25) is 0 Å². The van der Waals surface area contributed by atoms with E-state index in [2.05, 4.69) is 6.92 Å². The van der Waals surface area contributed by atoms with E-state index in [1.165, 1.54) is 25.7 Å². The number of hydrogen-bond acceptors (Lipinski definition) is 1. The molecular weight excluding hydrogens is 152 g/mol. The first-order valence-corrected chi connectivity index (χ1v) is 4.92. The highest BCUT2D eigenvalue weighted by Gasteiger charge is 2.21. The average Bonchev–Trinajstić information content (AvgIpc) is 2.51. The lowest BCUT2D eigenvalue weighted by Crippen LogP contribution is -2.09. The van der Waals surface area contributed by atoms with Crippen LogP contribution in [0, 0.1) is 11.8 Å². The molecule has 1 saturated carbocycles. The molecule has 0 heterocycles. The van der Waals surface area contributed by atoms with E-state index >= 15 is 0 Å². The Morgan fingerprint density at radius 1 is 1.50 bits per heavy atom. The van der Waals surface area contributed by atoms with Crippen LogP contribution >= 0.6 is 0 Å². The maximum Gasteiger partial charge on any atom is 0.303 e. The summed E-state index contributed by atoms with van der Waals surface area (Å²) in [5.41, 5.74) is 0. The first-order valence-electron chi connectivity index (χ1n) is 4.92. The molecule has 0 amide bonds. The molecule has 1 atom stereocenters. The molecule has 0 aromatic heterocycles. The third-order valence-corrected chi connectivity index (χ3v) is 3.02. The Hall–Kier alpha value is -0.530. The van der Waals surface area contributed by atoms with Crippen LogP contribution in [-0.2, 0) is 4.79 Å². The topological polar surface area (TPSA) is 37.3 Å². The van der Waals surface area contributed by atoms with E-state index in [4.69, 9.17) is 5.11 Å². The summed E-state index contributed by atoms with van der Waals surface area (Å²) in [5, 5.41) is 8.51. The minimum absolute atomic E-state index is 0.345. The molecule has 0 saturated heterocycles. The normalized spacial score (nSPS) is 21.1. The zero-order valence-electron chi connectivity index (χ0n) is 7.75. The SMILES string of the molecule is C[C@H](CCC(=O)O)C1CCCC1. The Balaban J connectivity index is 2.17. The van der Waals surface area contributed by atoms with Crippen molar-refractivity contribution < 1.29 is 9.90 Å². The third kappa shape index (κ3) is 2.84. The van der Waals surface area contributed by atoms with E-state index in [-0.39, 0.29) is 0 Å². The number of carbonyl (C=O) groups is 1. The van der Waals surface area contributed by atoms with Gasteiger partial charge in [-0.1, -0.05) is 32.6 Å². The zero-order valence-corrected chi connectivity index (χ0v) is 7.75. The fourth-order valence-electron chi connectivity index (χ4n) is 2.11. The van der Waals surface area contributed by atoms with Crippen LogP contribution in [0.1, 0.15) is 45.4 Å². The van der Waals surface area contributed by atoms with Gasteiger partial charge in [-0.3, -0.25) is 4.79 Å². The average molecular weight is 170 g/mol. The van der Waals surface area contributed by atoms with Gasteiger partial charge in [-0.25, -0.2) is 0 Å². The van der Waals surface area contributed by atoms with Crippen LogP contribution in [0.3, 0.4) is 0 Å². The van der Waals surface area contributed by atoms with Gasteiger partial charge in [0, 0.05) is 6.42 Å². The first kappa shape index (κ1) is 9.56. The second-order valence-electron chi connectivity index (χ2n) is 3.95. The lowest BCUT2D eigenvalue weighted by atomic mass is 9.89. The molecule has 0 unspecified atom stereocenters. The summed E-state index contributed by atoms with van der Waals surface area (Å²) in [5.74, 6) is 0.771. The van der Waals surface area contributed by atoms with Crippen LogP contribution in [-0.4, -0.2) is 11.1 Å². The Morgan fingerprint density at radius 3 is 2.58 bits per heavy atom. The van der Waals surface area contributed by atoms with Crippen molar-refractivity contribution in [3.8, 4) is 0 Å². The molecule has 0 aliphatic heterocycles. The molecule has 0 aromatic carbocycles. The molecule has 12 heavy (non-hydrogen) atoms. The van der Waals surface area contributed by atoms with E-state index in [0.29, 0.717) is 12.3 Å². The summed E-state index contributed by atoms with van der Waals surface area (Å²) in [6.45, 7) is 2.19. The summed E-state index contributed by atoms with van der Waals surface area (Å²) in [6.07, 6.45) is 6.55. The highest BCUT2D eigenvalue weighted by molar-refractivity contribution is 5.66. The standard InChI is InChI=1S/C10H18O2/c1-8(6-7-10(11)12)9-4-2-3-5-9/h8-9H,2-7H2,1H3,(H,11,12)/t8-/m1/s1. The largest absolute Gasteiger partial charge is 0.481 e. The second kappa shape index (κ2) is 4.48. The fraction of sp³-hybridized carbons (Fsp3) is 0.900. The number of carboxylic acid groups (broad SMARTS) is 1. The van der Waals surface area contributed by atoms with Gasteiger partial charge in [-0.15, -0.1) is 0 Å². The molecule has 2 nitrogen and oxygen atoms in total. The monoisotopic (exact) mass is 170 g/mol. The van der Waals surface area contributed by atoms with E-state index in [1.54, 1.807) is 0 Å². The van der Waals surface area contributed by atoms with Crippen molar-refractivity contribution in [1.29, 1.82) is 0 Å². The van der Waals surface area contributed by atoms with E-state index < -0.39 is 5.97 Å². The van der Waals surface area contributed by atoms with Crippen LogP contribution in [0.25, 0.3) is 0 Å². The van der Waals surface area contributed by atoms with Crippen molar-refractivity contribution in [2.45, 2.75) is 45.4 Å². The molecule has 1 fully saturated rings. The van der Waals surface area contributed by atoms with Gasteiger partial charge >= 0.3 is 5.97 Å². The quantitative estimate of drug-likeness (QED) is 0.704. The van der Waals surface area contributed by atoms with Crippen molar-refractivity contribution in [2.24, 2.45) is 11.8 Å². The molecule has 1 aliphatic rings. The van der Waals surface area contributed by atoms with Crippen molar-refractivity contribution in [3.63, 3.8) is 0 Å². The fourth-order valence-corrected chi connectivity index (χ4v) is 2.11. The van der Waals surface area contributed by atoms with Crippen LogP contribution in [0.4, 0.5) is 0 Å². The molecule has 1 rings (SSSR count). The van der Waals surface area contributed by atoms with Crippen LogP contribution in [0.15, 0.2) is 0 Å². The lowest BCUT2D eigenvalue weighted by Gasteiger charge is -2.17. The van der Waals surface area contributed by atoms with Crippen LogP contribution in [0.5, 0.6) is 0 Å². The number of carboxylic acids is 1. The van der Waals surface area contributed by atoms with Crippen molar-refractivity contribution in [1.82, 2.24) is 0 Å². The van der Waals surface area contributed by atoms with Gasteiger partial charge in [0.25, 0.3) is 0 Å². The van der Waals surface area contributed by atoms with E-state index in [9.17, 15) is 4.79 Å². The van der Waals surface area contributed by atoms with Crippen molar-refractivity contribution >= 4 is 5.97 Å². The van der Waals surface area contributed by atoms with Crippen molar-refractivity contribution in [3.05, 3.63) is 0 Å². The molecule has 0 aromatic rings. The second-order valence-corrected chi connectivity index (χ2v) is 3.95. The van der Waals surface area contributed by atoms with E-state index in [1.807, 2.05) is 0 Å². The molecule has 1 N–H and O–H groups in total. The molecule has 0 radical (unpaired) electrons. The van der Waals surface area contributed by atoms with Gasteiger partial charge in [0.05, 0.1) is 0 Å². The summed E-state index contributed by atoms with van der Waals surface area (Å²) < 4.78 is 0. The highest BCUT2D eigenvalue weighted by atomic mass is 16.4. The molecule has 0 spiro atoms. The van der Waals surface area contributed by atoms with Crippen LogP contribution in [0.2, 0.25) is 0 Å². The van der Waals surface area contributed by atoms with Gasteiger partial charge in [-0.2, -0.15) is 0 Å². The molecule has 2 heteroatoms. The van der Waals surface area contributed by atoms with E-state index in [0.717, 1.165) is 12.3 Å². The maximum absolute atomic E-state index is 10.3. The number of rotatable bonds is 4. The minimum Gasteiger partial charge on any atom is -0.481 e. The summed E-state index contributed by atoms with van der Waals surface area (Å²) in [7, 11) is 0. The Kier molecular flexibility index (Phi) is 3.57. The predicted molar refractivity (Wildman–Crippen MR) is 48.0 cm³/mol. The zero-order chi connectivity index (χ0) is 8.97. The Morgan fingerprint density at radius 2 is 2.08 bits per heavy atom.